The van der Waals surface area contributed by atoms with E-state index in [1.807, 2.05) is 6.07 Å². The fourth-order valence-corrected chi connectivity index (χ4v) is 1.50. The fraction of sp³-hybridized carbons (Fsp3) is 0.417. The summed E-state index contributed by atoms with van der Waals surface area (Å²) in [6.45, 7) is 1.28. The van der Waals surface area contributed by atoms with Gasteiger partial charge in [0.25, 0.3) is 5.92 Å². The Morgan fingerprint density at radius 2 is 1.94 bits per heavy atom. The van der Waals surface area contributed by atoms with Crippen molar-refractivity contribution in [2.45, 2.75) is 25.9 Å². The van der Waals surface area contributed by atoms with Gasteiger partial charge in [-0.2, -0.15) is 0 Å². The van der Waals surface area contributed by atoms with Crippen LogP contribution in [0.1, 0.15) is 18.9 Å². The second-order valence-electron chi connectivity index (χ2n) is 4.28. The highest BCUT2D eigenvalue weighted by Crippen LogP contribution is 2.60. The Kier molecular flexibility index (Phi) is 2.45. The Morgan fingerprint density at radius 3 is 2.44 bits per heavy atom. The maximum absolute atomic E-state index is 12.9. The van der Waals surface area contributed by atoms with Crippen LogP contribution in [0.2, 0.25) is 0 Å². The molecule has 2 nitrogen and oxygen atoms in total. The van der Waals surface area contributed by atoms with Crippen molar-refractivity contribution >= 4 is 5.97 Å². The number of hydrogen-bond acceptors (Lipinski definition) is 2. The minimum absolute atomic E-state index is 0.0470. The van der Waals surface area contributed by atoms with Gasteiger partial charge in [-0.15, -0.1) is 0 Å². The highest BCUT2D eigenvalue weighted by atomic mass is 19.3. The highest BCUT2D eigenvalue weighted by Gasteiger charge is 2.73. The van der Waals surface area contributed by atoms with Crippen LogP contribution in [0.15, 0.2) is 30.3 Å². The molecule has 0 aliphatic heterocycles. The van der Waals surface area contributed by atoms with E-state index in [4.69, 9.17) is 4.74 Å². The van der Waals surface area contributed by atoms with Crippen LogP contribution in [0.25, 0.3) is 0 Å². The Balaban J connectivity index is 1.91. The summed E-state index contributed by atoms with van der Waals surface area (Å²) in [6.07, 6.45) is -0.409. The van der Waals surface area contributed by atoms with E-state index >= 15 is 0 Å². The van der Waals surface area contributed by atoms with Crippen molar-refractivity contribution in [3.8, 4) is 0 Å². The number of halogens is 2. The second-order valence-corrected chi connectivity index (χ2v) is 4.28. The zero-order chi connectivity index (χ0) is 11.8. The van der Waals surface area contributed by atoms with E-state index in [9.17, 15) is 13.6 Å². The fourth-order valence-electron chi connectivity index (χ4n) is 1.50. The largest absolute Gasteiger partial charge is 0.460 e. The maximum atomic E-state index is 12.9. The molecule has 16 heavy (non-hydrogen) atoms. The van der Waals surface area contributed by atoms with Gasteiger partial charge in [-0.25, -0.2) is 8.78 Å². The third-order valence-corrected chi connectivity index (χ3v) is 2.92. The lowest BCUT2D eigenvalue weighted by Gasteiger charge is -2.10. The normalized spacial score (nSPS) is 26.2. The van der Waals surface area contributed by atoms with Gasteiger partial charge in [-0.1, -0.05) is 30.3 Å². The lowest BCUT2D eigenvalue weighted by atomic mass is 10.1. The Hall–Kier alpha value is -1.45. The van der Waals surface area contributed by atoms with Gasteiger partial charge < -0.3 is 4.74 Å². The van der Waals surface area contributed by atoms with Crippen molar-refractivity contribution in [3.05, 3.63) is 35.9 Å². The Morgan fingerprint density at radius 1 is 1.38 bits per heavy atom. The predicted octanol–water partition coefficient (Wildman–Crippen LogP) is 2.78. The third-order valence-electron chi connectivity index (χ3n) is 2.92. The van der Waals surface area contributed by atoms with Crippen molar-refractivity contribution in [1.82, 2.24) is 0 Å². The van der Waals surface area contributed by atoms with Crippen LogP contribution < -0.4 is 0 Å². The van der Waals surface area contributed by atoms with Crippen LogP contribution in [0.4, 0.5) is 8.78 Å². The van der Waals surface area contributed by atoms with Crippen molar-refractivity contribution in [2.24, 2.45) is 5.41 Å². The van der Waals surface area contributed by atoms with Crippen LogP contribution >= 0.6 is 0 Å². The minimum atomic E-state index is -2.90. The number of rotatable bonds is 3. The number of hydrogen-bond donors (Lipinski definition) is 0. The van der Waals surface area contributed by atoms with Crippen molar-refractivity contribution in [2.75, 3.05) is 0 Å². The molecular formula is C12H12F2O2. The third kappa shape index (κ3) is 1.79. The van der Waals surface area contributed by atoms with Gasteiger partial charge >= 0.3 is 5.97 Å². The molecule has 0 spiro atoms. The molecule has 86 valence electrons. The van der Waals surface area contributed by atoms with Crippen LogP contribution in [0, 0.1) is 5.41 Å². The smallest absolute Gasteiger partial charge is 0.318 e. The molecule has 0 heterocycles. The number of carbonyl (C=O) groups excluding carboxylic acids is 1. The van der Waals surface area contributed by atoms with Gasteiger partial charge in [0.2, 0.25) is 0 Å². The van der Waals surface area contributed by atoms with Gasteiger partial charge in [0.15, 0.2) is 0 Å². The van der Waals surface area contributed by atoms with E-state index in [1.165, 1.54) is 6.92 Å². The first kappa shape index (κ1) is 11.0. The summed E-state index contributed by atoms with van der Waals surface area (Å²) in [6, 6.07) is 9.00. The van der Waals surface area contributed by atoms with E-state index < -0.39 is 23.7 Å². The van der Waals surface area contributed by atoms with E-state index in [1.54, 1.807) is 24.3 Å². The van der Waals surface area contributed by atoms with Crippen LogP contribution in [0.5, 0.6) is 0 Å². The van der Waals surface area contributed by atoms with Crippen LogP contribution in [-0.4, -0.2) is 11.9 Å². The summed E-state index contributed by atoms with van der Waals surface area (Å²) >= 11 is 0. The molecule has 0 saturated heterocycles. The van der Waals surface area contributed by atoms with Crippen molar-refractivity contribution < 1.29 is 18.3 Å². The lowest BCUT2D eigenvalue weighted by Crippen LogP contribution is -2.21. The molecule has 0 radical (unpaired) electrons. The van der Waals surface area contributed by atoms with Crippen molar-refractivity contribution in [1.29, 1.82) is 0 Å². The predicted molar refractivity (Wildman–Crippen MR) is 53.9 cm³/mol. The van der Waals surface area contributed by atoms with Gasteiger partial charge in [0, 0.05) is 6.42 Å². The van der Waals surface area contributed by atoms with E-state index in [2.05, 4.69) is 0 Å². The average Bonchev–Trinajstić information content (AvgIpc) is 2.78. The molecule has 4 heteroatoms. The number of ether oxygens (including phenoxy) is 1. The molecule has 1 atom stereocenters. The molecule has 1 aromatic carbocycles. The molecule has 1 aromatic rings. The molecule has 1 saturated carbocycles. The maximum Gasteiger partial charge on any atom is 0.318 e. The summed E-state index contributed by atoms with van der Waals surface area (Å²) in [5.74, 6) is -3.72. The number of benzene rings is 1. The number of esters is 1. The molecule has 0 N–H and O–H groups in total. The summed E-state index contributed by atoms with van der Waals surface area (Å²) in [5.41, 5.74) is -0.815. The first-order valence-electron chi connectivity index (χ1n) is 5.05. The summed E-state index contributed by atoms with van der Waals surface area (Å²) in [4.78, 5) is 11.4. The molecule has 2 rings (SSSR count). The average molecular weight is 226 g/mol. The quantitative estimate of drug-likeness (QED) is 0.741. The molecule has 1 aliphatic carbocycles. The Bertz CT molecular complexity index is 403. The first-order chi connectivity index (χ1) is 7.46. The van der Waals surface area contributed by atoms with E-state index in [0.29, 0.717) is 0 Å². The topological polar surface area (TPSA) is 26.3 Å². The van der Waals surface area contributed by atoms with Crippen molar-refractivity contribution in [3.63, 3.8) is 0 Å². The SMILES string of the molecule is CC1(C(=O)OCc2ccccc2)CC1(F)F. The van der Waals surface area contributed by atoms with Crippen LogP contribution in [-0.2, 0) is 16.1 Å². The standard InChI is InChI=1S/C12H12F2O2/c1-11(8-12(11,13)14)10(15)16-7-9-5-3-2-4-6-9/h2-6H,7-8H2,1H3. The summed E-state index contributed by atoms with van der Waals surface area (Å²) < 4.78 is 30.6. The molecule has 1 unspecified atom stereocenters. The van der Waals surface area contributed by atoms with E-state index in [0.717, 1.165) is 5.56 Å². The van der Waals surface area contributed by atoms with Gasteiger partial charge in [-0.05, 0) is 12.5 Å². The highest BCUT2D eigenvalue weighted by molar-refractivity contribution is 5.81. The van der Waals surface area contributed by atoms with Gasteiger partial charge in [0.1, 0.15) is 12.0 Å². The summed E-state index contributed by atoms with van der Waals surface area (Å²) in [5, 5.41) is 0. The summed E-state index contributed by atoms with van der Waals surface area (Å²) in [7, 11) is 0. The van der Waals surface area contributed by atoms with Crippen LogP contribution in [0.3, 0.4) is 0 Å². The minimum Gasteiger partial charge on any atom is -0.460 e. The molecule has 1 aliphatic rings. The molecule has 0 amide bonds. The molecule has 0 bridgehead atoms. The van der Waals surface area contributed by atoms with E-state index in [-0.39, 0.29) is 6.61 Å². The molecule has 1 fully saturated rings. The van der Waals surface area contributed by atoms with Gasteiger partial charge in [0.05, 0.1) is 0 Å². The van der Waals surface area contributed by atoms with Gasteiger partial charge in [-0.3, -0.25) is 4.79 Å². The first-order valence-corrected chi connectivity index (χ1v) is 5.05. The zero-order valence-corrected chi connectivity index (χ0v) is 8.87. The zero-order valence-electron chi connectivity index (χ0n) is 8.87. The molecule has 0 aromatic heterocycles. The lowest BCUT2D eigenvalue weighted by molar-refractivity contribution is -0.154. The number of carbonyl (C=O) groups is 1. The number of alkyl halides is 2. The second kappa shape index (κ2) is 3.54. The Labute approximate surface area is 92.2 Å². The monoisotopic (exact) mass is 226 g/mol. The molecular weight excluding hydrogens is 214 g/mol.